The lowest BCUT2D eigenvalue weighted by atomic mass is 9.98. The molecule has 5 N–H and O–H groups in total. The largest absolute Gasteiger partial charge is 0.370 e. The molecule has 0 aliphatic carbocycles. The van der Waals surface area contributed by atoms with Gasteiger partial charge in [-0.3, -0.25) is 48.0 Å². The molecule has 16 heteroatoms. The lowest BCUT2D eigenvalue weighted by Crippen LogP contribution is -2.57. The molecule has 5 atom stereocenters. The molecule has 1 unspecified atom stereocenters. The zero-order valence-corrected chi connectivity index (χ0v) is 35.1. The Morgan fingerprint density at radius 3 is 2.19 bits per heavy atom. The summed E-state index contributed by atoms with van der Waals surface area (Å²) in [6.07, 6.45) is 2.79. The maximum absolute atomic E-state index is 14.1. The molecular formula is C46H54N8O8. The van der Waals surface area contributed by atoms with Crippen molar-refractivity contribution < 1.29 is 33.6 Å². The Bertz CT molecular complexity index is 2370. The van der Waals surface area contributed by atoms with Crippen molar-refractivity contribution in [3.05, 3.63) is 106 Å². The molecule has 0 bridgehead atoms. The number of carbonyl (C=O) groups is 7. The van der Waals surface area contributed by atoms with Crippen LogP contribution < -0.4 is 27.4 Å². The fraction of sp³-hybridized carbons (Fsp3) is 0.435. The van der Waals surface area contributed by atoms with Crippen LogP contribution in [0.2, 0.25) is 0 Å². The van der Waals surface area contributed by atoms with Crippen LogP contribution in [-0.4, -0.2) is 91.5 Å². The Morgan fingerprint density at radius 1 is 0.839 bits per heavy atom. The van der Waals surface area contributed by atoms with Crippen molar-refractivity contribution >= 4 is 52.4 Å². The second-order valence-corrected chi connectivity index (χ2v) is 16.7. The monoisotopic (exact) mass is 846 g/mol. The van der Waals surface area contributed by atoms with Crippen molar-refractivity contribution in [1.29, 1.82) is 0 Å². The molecule has 326 valence electrons. The number of nitrogens with one attached hydrogen (secondary N) is 3. The zero-order valence-electron chi connectivity index (χ0n) is 35.1. The summed E-state index contributed by atoms with van der Waals surface area (Å²) in [5, 5.41) is 8.26. The minimum atomic E-state index is -1.10. The number of aryl methyl sites for hydroxylation is 2. The molecule has 62 heavy (non-hydrogen) atoms. The van der Waals surface area contributed by atoms with Crippen LogP contribution in [0.5, 0.6) is 0 Å². The molecule has 3 aromatic carbocycles. The number of carbonyl (C=O) groups excluding carboxylic acids is 7. The van der Waals surface area contributed by atoms with Gasteiger partial charge in [0.05, 0.1) is 23.0 Å². The van der Waals surface area contributed by atoms with Crippen LogP contribution in [-0.2, 0) is 47.0 Å². The lowest BCUT2D eigenvalue weighted by Gasteiger charge is -2.38. The third-order valence-electron chi connectivity index (χ3n) is 12.5. The number of hydrogen-bond donors (Lipinski definition) is 4. The van der Waals surface area contributed by atoms with Crippen LogP contribution in [0.1, 0.15) is 93.5 Å². The number of imidazole rings is 1. The van der Waals surface area contributed by atoms with E-state index in [2.05, 4.69) is 16.0 Å². The van der Waals surface area contributed by atoms with Crippen molar-refractivity contribution in [2.45, 2.75) is 101 Å². The van der Waals surface area contributed by atoms with E-state index in [-0.39, 0.29) is 68.1 Å². The van der Waals surface area contributed by atoms with Gasteiger partial charge in [0.25, 0.3) is 0 Å². The molecule has 16 nitrogen and oxygen atoms in total. The van der Waals surface area contributed by atoms with Gasteiger partial charge in [0.1, 0.15) is 18.1 Å². The summed E-state index contributed by atoms with van der Waals surface area (Å²) < 4.78 is 2.95. The van der Waals surface area contributed by atoms with Crippen molar-refractivity contribution in [2.24, 2.45) is 18.7 Å². The number of primary amides is 1. The number of nitrogens with two attached hydrogens (primary N) is 1. The number of piperidine rings is 1. The van der Waals surface area contributed by atoms with Gasteiger partial charge in [-0.05, 0) is 67.7 Å². The first kappa shape index (κ1) is 43.5. The number of fused-ring (bicyclic) bond motifs is 2. The summed E-state index contributed by atoms with van der Waals surface area (Å²) in [6.45, 7) is 2.33. The number of rotatable bonds is 14. The molecule has 1 aromatic heterocycles. The van der Waals surface area contributed by atoms with E-state index in [0.29, 0.717) is 49.7 Å². The molecule has 0 saturated carbocycles. The molecule has 4 heterocycles. The van der Waals surface area contributed by atoms with Gasteiger partial charge < -0.3 is 26.2 Å². The zero-order chi connectivity index (χ0) is 44.1. The van der Waals surface area contributed by atoms with E-state index in [1.54, 1.807) is 29.8 Å². The Hall–Kier alpha value is -6.58. The first-order valence-corrected chi connectivity index (χ1v) is 21.4. The molecule has 7 rings (SSSR count). The number of para-hydroxylation sites is 1. The Balaban J connectivity index is 0.983. The number of benzene rings is 3. The molecule has 0 radical (unpaired) electrons. The SMILES string of the molecule is C[C@H]1CN(C(=O)CCCc2cccc3c2n(C)c(=O)n3C2CCC(=O)NC2=O)CC[C@H]2CC[C@@H](C(=O)N[C@@H](CCC(N)=O)C(=O)NC(c3ccccc3)c3ccccc3)N2C1=O. The third kappa shape index (κ3) is 9.33. The van der Waals surface area contributed by atoms with Crippen LogP contribution in [0, 0.1) is 5.92 Å². The first-order chi connectivity index (χ1) is 29.8. The van der Waals surface area contributed by atoms with E-state index in [4.69, 9.17) is 5.73 Å². The highest BCUT2D eigenvalue weighted by molar-refractivity contribution is 6.00. The summed E-state index contributed by atoms with van der Waals surface area (Å²) in [5.41, 5.74) is 8.91. The van der Waals surface area contributed by atoms with Crippen LogP contribution in [0.15, 0.2) is 83.7 Å². The van der Waals surface area contributed by atoms with E-state index < -0.39 is 53.7 Å². The van der Waals surface area contributed by atoms with Gasteiger partial charge >= 0.3 is 5.69 Å². The molecule has 3 fully saturated rings. The second kappa shape index (κ2) is 19.0. The maximum atomic E-state index is 14.1. The number of aromatic nitrogens is 2. The highest BCUT2D eigenvalue weighted by Crippen LogP contribution is 2.32. The molecule has 3 saturated heterocycles. The highest BCUT2D eigenvalue weighted by Gasteiger charge is 2.44. The quantitative estimate of drug-likeness (QED) is 0.138. The molecule has 3 aliphatic heterocycles. The van der Waals surface area contributed by atoms with E-state index in [9.17, 15) is 38.4 Å². The van der Waals surface area contributed by atoms with Crippen molar-refractivity contribution in [2.75, 3.05) is 13.1 Å². The third-order valence-corrected chi connectivity index (χ3v) is 12.5. The smallest absolute Gasteiger partial charge is 0.329 e. The summed E-state index contributed by atoms with van der Waals surface area (Å²) in [5.74, 6) is -3.39. The molecule has 4 aromatic rings. The average Bonchev–Trinajstić information content (AvgIpc) is 3.80. The van der Waals surface area contributed by atoms with Gasteiger partial charge in [-0.1, -0.05) is 79.7 Å². The minimum absolute atomic E-state index is 0.0246. The van der Waals surface area contributed by atoms with Crippen LogP contribution in [0.25, 0.3) is 11.0 Å². The summed E-state index contributed by atoms with van der Waals surface area (Å²) >= 11 is 0. The van der Waals surface area contributed by atoms with Crippen molar-refractivity contribution in [1.82, 2.24) is 34.9 Å². The van der Waals surface area contributed by atoms with Gasteiger partial charge in [0, 0.05) is 45.4 Å². The van der Waals surface area contributed by atoms with E-state index >= 15 is 0 Å². The number of nitrogens with zero attached hydrogens (tertiary/aromatic N) is 4. The highest BCUT2D eigenvalue weighted by atomic mass is 16.2. The number of hydrogen-bond acceptors (Lipinski definition) is 8. The van der Waals surface area contributed by atoms with Crippen molar-refractivity contribution in [3.8, 4) is 0 Å². The van der Waals surface area contributed by atoms with Crippen molar-refractivity contribution in [3.63, 3.8) is 0 Å². The maximum Gasteiger partial charge on any atom is 0.329 e. The van der Waals surface area contributed by atoms with Crippen LogP contribution in [0.3, 0.4) is 0 Å². The van der Waals surface area contributed by atoms with Gasteiger partial charge in [0.15, 0.2) is 0 Å². The van der Waals surface area contributed by atoms with E-state index in [1.807, 2.05) is 72.8 Å². The predicted molar refractivity (Wildman–Crippen MR) is 229 cm³/mol. The van der Waals surface area contributed by atoms with Crippen LogP contribution >= 0.6 is 0 Å². The topological polar surface area (TPSA) is 215 Å². The first-order valence-electron chi connectivity index (χ1n) is 21.4. The molecular weight excluding hydrogens is 793 g/mol. The Morgan fingerprint density at radius 2 is 1.53 bits per heavy atom. The normalized spacial score (nSPS) is 20.9. The predicted octanol–water partition coefficient (Wildman–Crippen LogP) is 2.52. The van der Waals surface area contributed by atoms with Gasteiger partial charge in [-0.2, -0.15) is 0 Å². The summed E-state index contributed by atoms with van der Waals surface area (Å²) in [6, 6.07) is 20.8. The minimum Gasteiger partial charge on any atom is -0.370 e. The fourth-order valence-corrected chi connectivity index (χ4v) is 9.30. The summed E-state index contributed by atoms with van der Waals surface area (Å²) in [4.78, 5) is 109. The number of amides is 7. The van der Waals surface area contributed by atoms with Gasteiger partial charge in [-0.15, -0.1) is 0 Å². The Kier molecular flexibility index (Phi) is 13.3. The summed E-state index contributed by atoms with van der Waals surface area (Å²) in [7, 11) is 1.65. The Labute approximate surface area is 359 Å². The van der Waals surface area contributed by atoms with Gasteiger partial charge in [-0.25, -0.2) is 4.79 Å². The van der Waals surface area contributed by atoms with E-state index in [1.165, 1.54) is 9.13 Å². The molecule has 0 spiro atoms. The second-order valence-electron chi connectivity index (χ2n) is 16.7. The number of imide groups is 1. The molecule has 3 aliphatic rings. The standard InChI is InChI=1S/C46H54N8O8/c1-28-27-52(39(57)18-10-16-31-15-9-17-34-41(31)51(2)46(62)54(34)36-22-24-38(56)49-44(36)60)26-25-32-19-21-35(53(32)45(28)61)43(59)48-33(20-23-37(47)55)42(58)50-40(29-11-5-3-6-12-29)30-13-7-4-8-14-30/h3-9,11-15,17,28,32-33,35-36,40H,10,16,18-27H2,1-2H3,(H2,47,55)(H,48,59)(H,50,58)(H,49,56,60)/t28-,32+,33-,35-,36?/m0/s1. The lowest BCUT2D eigenvalue weighted by molar-refractivity contribution is -0.147. The van der Waals surface area contributed by atoms with E-state index in [0.717, 1.165) is 16.7 Å². The van der Waals surface area contributed by atoms with Gasteiger partial charge in [0.2, 0.25) is 41.4 Å². The fourth-order valence-electron chi connectivity index (χ4n) is 9.30. The average molecular weight is 847 g/mol. The molecule has 7 amide bonds. The van der Waals surface area contributed by atoms with Crippen LogP contribution in [0.4, 0.5) is 0 Å².